The molecule has 0 aromatic carbocycles. The van der Waals surface area contributed by atoms with Crippen molar-refractivity contribution in [2.24, 2.45) is 0 Å². The largest absolute Gasteiger partial charge is 0.381 e. The number of hydrogen-bond acceptors (Lipinski definition) is 7. The second kappa shape index (κ2) is 8.47. The van der Waals surface area contributed by atoms with E-state index >= 15 is 0 Å². The highest BCUT2D eigenvalue weighted by Gasteiger charge is 2.33. The maximum atomic E-state index is 13.6. The number of fused-ring (bicyclic) bond motifs is 1. The minimum absolute atomic E-state index is 0.100. The van der Waals surface area contributed by atoms with Gasteiger partial charge in [0, 0.05) is 32.5 Å². The van der Waals surface area contributed by atoms with E-state index in [0.717, 1.165) is 12.8 Å². The predicted octanol–water partition coefficient (Wildman–Crippen LogP) is 2.26. The molecule has 174 valence electrons. The van der Waals surface area contributed by atoms with E-state index in [1.54, 1.807) is 37.1 Å². The summed E-state index contributed by atoms with van der Waals surface area (Å²) in [6.07, 6.45) is 5.00. The lowest BCUT2D eigenvalue weighted by molar-refractivity contribution is 0.00522. The van der Waals surface area contributed by atoms with Gasteiger partial charge in [0.2, 0.25) is 0 Å². The lowest BCUT2D eigenvalue weighted by atomic mass is 9.89. The van der Waals surface area contributed by atoms with Crippen LogP contribution in [0.15, 0.2) is 35.4 Å². The van der Waals surface area contributed by atoms with E-state index < -0.39 is 18.1 Å². The van der Waals surface area contributed by atoms with Gasteiger partial charge in [-0.15, -0.1) is 0 Å². The summed E-state index contributed by atoms with van der Waals surface area (Å²) in [5.41, 5.74) is 0.752. The van der Waals surface area contributed by atoms with Crippen LogP contribution in [0.5, 0.6) is 0 Å². The number of nitrogens with one attached hydrogen (secondary N) is 3. The quantitative estimate of drug-likeness (QED) is 0.501. The van der Waals surface area contributed by atoms with E-state index in [4.69, 9.17) is 4.74 Å². The van der Waals surface area contributed by atoms with Crippen molar-refractivity contribution in [3.8, 4) is 0 Å². The molecule has 2 atom stereocenters. The predicted molar refractivity (Wildman–Crippen MR) is 121 cm³/mol. The molecule has 3 heterocycles. The molecule has 0 radical (unpaired) electrons. The Labute approximate surface area is 189 Å². The van der Waals surface area contributed by atoms with Crippen molar-refractivity contribution >= 4 is 28.9 Å². The lowest BCUT2D eigenvalue weighted by Crippen LogP contribution is -2.48. The highest BCUT2D eigenvalue weighted by atomic mass is 19.1. The van der Waals surface area contributed by atoms with Crippen LogP contribution in [0.1, 0.15) is 42.1 Å². The molecule has 0 aliphatic heterocycles. The van der Waals surface area contributed by atoms with Gasteiger partial charge in [0.15, 0.2) is 5.65 Å². The molecule has 2 saturated carbocycles. The average Bonchev–Trinajstić information content (AvgIpc) is 3.21. The van der Waals surface area contributed by atoms with Crippen molar-refractivity contribution in [2.45, 2.75) is 50.0 Å². The number of carbonyl (C=O) groups is 1. The number of halogens is 1. The smallest absolute Gasteiger partial charge is 0.274 e. The van der Waals surface area contributed by atoms with Crippen LogP contribution in [0.2, 0.25) is 0 Å². The highest BCUT2D eigenvalue weighted by molar-refractivity contribution is 6.00. The monoisotopic (exact) mass is 455 g/mol. The first-order valence-electron chi connectivity index (χ1n) is 11.0. The first-order valence-corrected chi connectivity index (χ1v) is 11.0. The average molecular weight is 455 g/mol. The Morgan fingerprint density at radius 1 is 1.30 bits per heavy atom. The van der Waals surface area contributed by atoms with Crippen molar-refractivity contribution in [3.05, 3.63) is 46.5 Å². The van der Waals surface area contributed by atoms with Crippen LogP contribution in [-0.2, 0) is 4.74 Å². The Morgan fingerprint density at radius 2 is 2.12 bits per heavy atom. The standard InChI is InChI=1S/C22H26FN7O3/c1-24-19-10-18(26-17-4-3-7-29(22(17)32)12-8-13(9-12)33-2)28-20-14(11-25-30(19)20)21(31)27-16-6-5-15(16)23/h3-4,7,10-13,15-16,24H,5-6,8-9H2,1-2H3,(H,26,28)(H,27,31)/t12-,13+,15-,16-/m0/s1. The zero-order valence-electron chi connectivity index (χ0n) is 18.4. The van der Waals surface area contributed by atoms with E-state index in [9.17, 15) is 14.0 Å². The normalized spacial score (nSPS) is 24.1. The van der Waals surface area contributed by atoms with Crippen molar-refractivity contribution < 1.29 is 13.9 Å². The summed E-state index contributed by atoms with van der Waals surface area (Å²) in [6.45, 7) is 0. The van der Waals surface area contributed by atoms with Crippen molar-refractivity contribution in [1.29, 1.82) is 0 Å². The topological polar surface area (TPSA) is 115 Å². The van der Waals surface area contributed by atoms with Gasteiger partial charge >= 0.3 is 0 Å². The summed E-state index contributed by atoms with van der Waals surface area (Å²) in [4.78, 5) is 30.3. The SMILES string of the molecule is CNc1cc(Nc2cccn([C@H]3C[C@@H](OC)C3)c2=O)nc2c(C(=O)N[C@H]3CC[C@@H]3F)cnn12. The number of alkyl halides is 1. The number of methoxy groups -OCH3 is 1. The van der Waals surface area contributed by atoms with Crippen LogP contribution in [0.3, 0.4) is 0 Å². The Morgan fingerprint density at radius 3 is 2.79 bits per heavy atom. The lowest BCUT2D eigenvalue weighted by Gasteiger charge is -2.35. The van der Waals surface area contributed by atoms with Gasteiger partial charge in [-0.2, -0.15) is 9.61 Å². The van der Waals surface area contributed by atoms with Crippen LogP contribution >= 0.6 is 0 Å². The Bertz CT molecular complexity index is 1250. The van der Waals surface area contributed by atoms with Crippen molar-refractivity contribution in [2.75, 3.05) is 24.8 Å². The molecule has 0 bridgehead atoms. The molecule has 3 aromatic rings. The van der Waals surface area contributed by atoms with Gasteiger partial charge in [0.1, 0.15) is 29.1 Å². The molecule has 3 N–H and O–H groups in total. The number of pyridine rings is 1. The van der Waals surface area contributed by atoms with Gasteiger partial charge in [-0.3, -0.25) is 9.59 Å². The third kappa shape index (κ3) is 3.82. The first kappa shape index (κ1) is 21.4. The molecular formula is C22H26FN7O3. The molecule has 0 saturated heterocycles. The number of nitrogens with zero attached hydrogens (tertiary/aromatic N) is 4. The molecule has 11 heteroatoms. The Hall–Kier alpha value is -3.47. The van der Waals surface area contributed by atoms with Gasteiger partial charge in [-0.1, -0.05) is 0 Å². The molecule has 1 amide bonds. The minimum atomic E-state index is -1.02. The van der Waals surface area contributed by atoms with Crippen molar-refractivity contribution in [1.82, 2.24) is 24.5 Å². The molecular weight excluding hydrogens is 429 g/mol. The summed E-state index contributed by atoms with van der Waals surface area (Å²) in [5.74, 6) is 0.530. The number of amides is 1. The molecule has 2 aliphatic carbocycles. The van der Waals surface area contributed by atoms with E-state index in [2.05, 4.69) is 26.0 Å². The maximum Gasteiger partial charge on any atom is 0.274 e. The van der Waals surface area contributed by atoms with Gasteiger partial charge in [-0.05, 0) is 37.8 Å². The molecule has 2 aliphatic rings. The van der Waals surface area contributed by atoms with E-state index in [1.807, 2.05) is 6.07 Å². The summed E-state index contributed by atoms with van der Waals surface area (Å²) >= 11 is 0. The fourth-order valence-corrected chi connectivity index (χ4v) is 4.22. The number of rotatable bonds is 7. The Kier molecular flexibility index (Phi) is 5.49. The van der Waals surface area contributed by atoms with E-state index in [-0.39, 0.29) is 23.3 Å². The second-order valence-corrected chi connectivity index (χ2v) is 8.49. The minimum Gasteiger partial charge on any atom is -0.381 e. The summed E-state index contributed by atoms with van der Waals surface area (Å²) < 4.78 is 22.1. The molecule has 0 unspecified atom stereocenters. The molecule has 0 spiro atoms. The van der Waals surface area contributed by atoms with E-state index in [0.29, 0.717) is 35.8 Å². The first-order chi connectivity index (χ1) is 16.0. The summed E-state index contributed by atoms with van der Waals surface area (Å²) in [5, 5.41) is 13.1. The zero-order chi connectivity index (χ0) is 23.1. The third-order valence-electron chi connectivity index (χ3n) is 6.51. The summed E-state index contributed by atoms with van der Waals surface area (Å²) in [7, 11) is 3.40. The Balaban J connectivity index is 1.44. The van der Waals surface area contributed by atoms with Gasteiger partial charge in [0.05, 0.1) is 18.3 Å². The summed E-state index contributed by atoms with van der Waals surface area (Å²) in [6, 6.07) is 4.82. The van der Waals surface area contributed by atoms with Gasteiger partial charge in [0.25, 0.3) is 11.5 Å². The number of carbonyl (C=O) groups excluding carboxylic acids is 1. The van der Waals surface area contributed by atoms with Gasteiger partial charge < -0.3 is 25.3 Å². The van der Waals surface area contributed by atoms with Crippen LogP contribution < -0.4 is 21.5 Å². The fraction of sp³-hybridized carbons (Fsp3) is 0.455. The number of ether oxygens (including phenoxy) is 1. The zero-order valence-corrected chi connectivity index (χ0v) is 18.4. The van der Waals surface area contributed by atoms with Crippen LogP contribution in [0.4, 0.5) is 21.7 Å². The second-order valence-electron chi connectivity index (χ2n) is 8.49. The molecule has 2 fully saturated rings. The van der Waals surface area contributed by atoms with Gasteiger partial charge in [-0.25, -0.2) is 9.37 Å². The molecule has 5 rings (SSSR count). The number of hydrogen-bond donors (Lipinski definition) is 3. The van der Waals surface area contributed by atoms with E-state index in [1.165, 1.54) is 10.7 Å². The van der Waals surface area contributed by atoms with Crippen LogP contribution in [0, 0.1) is 0 Å². The molecule has 10 nitrogen and oxygen atoms in total. The van der Waals surface area contributed by atoms with Crippen LogP contribution in [0.25, 0.3) is 5.65 Å². The number of aromatic nitrogens is 4. The van der Waals surface area contributed by atoms with Crippen LogP contribution in [-0.4, -0.2) is 57.5 Å². The molecule has 33 heavy (non-hydrogen) atoms. The maximum absolute atomic E-state index is 13.6. The van der Waals surface area contributed by atoms with Crippen molar-refractivity contribution in [3.63, 3.8) is 0 Å². The molecule has 3 aromatic heterocycles. The third-order valence-corrected chi connectivity index (χ3v) is 6.51. The fourth-order valence-electron chi connectivity index (χ4n) is 4.22. The number of anilines is 3. The highest BCUT2D eigenvalue weighted by Crippen LogP contribution is 2.33.